The van der Waals surface area contributed by atoms with Gasteiger partial charge in [-0.3, -0.25) is 4.79 Å². The minimum absolute atomic E-state index is 0.0372. The normalized spacial score (nSPS) is 10.1. The number of esters is 1. The molecule has 1 aromatic rings. The highest BCUT2D eigenvalue weighted by Gasteiger charge is 2.21. The van der Waals surface area contributed by atoms with Crippen LogP contribution in [0.25, 0.3) is 0 Å². The molecule has 0 aliphatic rings. The van der Waals surface area contributed by atoms with Gasteiger partial charge in [-0.25, -0.2) is 9.78 Å². The maximum atomic E-state index is 11.4. The summed E-state index contributed by atoms with van der Waals surface area (Å²) in [5.74, 6) is -0.0862. The van der Waals surface area contributed by atoms with Crippen molar-refractivity contribution in [2.45, 2.75) is 19.9 Å². The number of hydrogen-bond donors (Lipinski definition) is 2. The first kappa shape index (κ1) is 13.0. The molecule has 7 heteroatoms. The molecule has 1 aromatic heterocycles. The van der Waals surface area contributed by atoms with Gasteiger partial charge in [-0.1, -0.05) is 6.92 Å². The molecule has 0 unspecified atom stereocenters. The summed E-state index contributed by atoms with van der Waals surface area (Å²) in [5.41, 5.74) is 5.83. The lowest BCUT2D eigenvalue weighted by Crippen LogP contribution is -2.25. The van der Waals surface area contributed by atoms with Gasteiger partial charge in [0.15, 0.2) is 5.69 Å². The highest BCUT2D eigenvalue weighted by molar-refractivity contribution is 5.92. The monoisotopic (exact) mass is 240 g/mol. The van der Waals surface area contributed by atoms with E-state index >= 15 is 0 Å². The number of aromatic nitrogens is 2. The second kappa shape index (κ2) is 5.33. The predicted molar refractivity (Wildman–Crippen MR) is 61.4 cm³/mol. The Labute approximate surface area is 99.0 Å². The molecule has 17 heavy (non-hydrogen) atoms. The van der Waals surface area contributed by atoms with Crippen molar-refractivity contribution in [3.8, 4) is 0 Å². The zero-order valence-electron chi connectivity index (χ0n) is 10.1. The Balaban J connectivity index is 3.15. The second-order valence-electron chi connectivity index (χ2n) is 3.37. The van der Waals surface area contributed by atoms with Gasteiger partial charge in [-0.2, -0.15) is 0 Å². The molecule has 0 bridgehead atoms. The number of carbonyl (C=O) groups is 2. The molecule has 0 aliphatic heterocycles. The highest BCUT2D eigenvalue weighted by Crippen LogP contribution is 2.16. The average molecular weight is 240 g/mol. The van der Waals surface area contributed by atoms with Crippen LogP contribution in [0.4, 0.5) is 5.82 Å². The first-order valence-electron chi connectivity index (χ1n) is 5.18. The Hall–Kier alpha value is -2.05. The number of rotatable bonds is 4. The van der Waals surface area contributed by atoms with Gasteiger partial charge in [0.2, 0.25) is 5.91 Å². The van der Waals surface area contributed by atoms with Gasteiger partial charge in [-0.05, 0) is 0 Å². The number of anilines is 1. The fourth-order valence-electron chi connectivity index (χ4n) is 1.43. The van der Waals surface area contributed by atoms with Crippen molar-refractivity contribution in [3.63, 3.8) is 0 Å². The maximum Gasteiger partial charge on any atom is 0.360 e. The smallest absolute Gasteiger partial charge is 0.360 e. The maximum absolute atomic E-state index is 11.4. The molecule has 94 valence electrons. The molecule has 0 fully saturated rings. The van der Waals surface area contributed by atoms with Crippen molar-refractivity contribution in [2.75, 3.05) is 19.9 Å². The minimum Gasteiger partial charge on any atom is -0.464 e. The number of nitrogens with zero attached hydrogens (tertiary/aromatic N) is 2. The number of nitrogens with one attached hydrogen (secondary N) is 1. The topological polar surface area (TPSA) is 99.2 Å². The van der Waals surface area contributed by atoms with Gasteiger partial charge in [0.1, 0.15) is 18.2 Å². The van der Waals surface area contributed by atoms with Gasteiger partial charge in [-0.15, -0.1) is 0 Å². The van der Waals surface area contributed by atoms with Gasteiger partial charge in [0, 0.05) is 13.5 Å². The summed E-state index contributed by atoms with van der Waals surface area (Å²) in [6, 6.07) is 0. The number of amides is 1. The van der Waals surface area contributed by atoms with E-state index in [1.165, 1.54) is 18.7 Å². The third-order valence-corrected chi connectivity index (χ3v) is 2.36. The van der Waals surface area contributed by atoms with Crippen molar-refractivity contribution >= 4 is 17.7 Å². The summed E-state index contributed by atoms with van der Waals surface area (Å²) in [7, 11) is 2.79. The zero-order valence-corrected chi connectivity index (χ0v) is 10.1. The van der Waals surface area contributed by atoms with E-state index in [2.05, 4.69) is 15.0 Å². The Morgan fingerprint density at radius 3 is 2.65 bits per heavy atom. The average Bonchev–Trinajstić information content (AvgIpc) is 2.65. The molecule has 0 radical (unpaired) electrons. The first-order valence-corrected chi connectivity index (χ1v) is 5.18. The summed E-state index contributed by atoms with van der Waals surface area (Å²) < 4.78 is 6.07. The molecule has 1 rings (SSSR count). The number of nitrogen functional groups attached to an aromatic ring is 1. The standard InChI is InChI=1S/C10H16N4O3/c1-4-6-13-8(10(16)17-3)9(11)14(6)5-7(15)12-2/h4-5,11H2,1-3H3,(H,12,15). The van der Waals surface area contributed by atoms with Crippen LogP contribution in [0.15, 0.2) is 0 Å². The van der Waals surface area contributed by atoms with Gasteiger partial charge in [0.05, 0.1) is 7.11 Å². The third kappa shape index (κ3) is 2.55. The minimum atomic E-state index is -0.604. The van der Waals surface area contributed by atoms with Crippen LogP contribution in [0.3, 0.4) is 0 Å². The summed E-state index contributed by atoms with van der Waals surface area (Å²) in [4.78, 5) is 26.8. The molecular weight excluding hydrogens is 224 g/mol. The molecule has 0 saturated carbocycles. The lowest BCUT2D eigenvalue weighted by atomic mass is 10.4. The van der Waals surface area contributed by atoms with Crippen LogP contribution >= 0.6 is 0 Å². The van der Waals surface area contributed by atoms with E-state index in [1.807, 2.05) is 6.92 Å². The summed E-state index contributed by atoms with van der Waals surface area (Å²) in [6.45, 7) is 1.90. The Morgan fingerprint density at radius 1 is 1.53 bits per heavy atom. The Kier molecular flexibility index (Phi) is 4.08. The molecule has 0 saturated heterocycles. The van der Waals surface area contributed by atoms with Crippen LogP contribution in [0, 0.1) is 0 Å². The number of likely N-dealkylation sites (N-methyl/N-ethyl adjacent to an activating group) is 1. The Bertz CT molecular complexity index is 439. The van der Waals surface area contributed by atoms with Crippen LogP contribution in [0.1, 0.15) is 23.2 Å². The van der Waals surface area contributed by atoms with Crippen LogP contribution in [0.2, 0.25) is 0 Å². The van der Waals surface area contributed by atoms with Gasteiger partial charge < -0.3 is 20.4 Å². The van der Waals surface area contributed by atoms with Gasteiger partial charge >= 0.3 is 5.97 Å². The predicted octanol–water partition coefficient (Wildman–Crippen LogP) is -0.440. The molecule has 0 aliphatic carbocycles. The van der Waals surface area contributed by atoms with Crippen molar-refractivity contribution in [2.24, 2.45) is 0 Å². The molecular formula is C10H16N4O3. The van der Waals surface area contributed by atoms with Crippen LogP contribution in [0.5, 0.6) is 0 Å². The van der Waals surface area contributed by atoms with Crippen LogP contribution in [-0.4, -0.2) is 35.6 Å². The number of imidazole rings is 1. The summed E-state index contributed by atoms with van der Waals surface area (Å²) in [6.07, 6.45) is 0.568. The molecule has 3 N–H and O–H groups in total. The quantitative estimate of drug-likeness (QED) is 0.695. The fourth-order valence-corrected chi connectivity index (χ4v) is 1.43. The van der Waals surface area contributed by atoms with Crippen molar-refractivity contribution < 1.29 is 14.3 Å². The van der Waals surface area contributed by atoms with E-state index in [-0.39, 0.29) is 24.0 Å². The summed E-state index contributed by atoms with van der Waals surface area (Å²) >= 11 is 0. The van der Waals surface area contributed by atoms with Crippen LogP contribution in [-0.2, 0) is 22.5 Å². The Morgan fingerprint density at radius 2 is 2.18 bits per heavy atom. The molecule has 1 amide bonds. The van der Waals surface area contributed by atoms with E-state index in [9.17, 15) is 9.59 Å². The van der Waals surface area contributed by atoms with Crippen molar-refractivity contribution in [1.82, 2.24) is 14.9 Å². The molecule has 7 nitrogen and oxygen atoms in total. The number of nitrogens with two attached hydrogens (primary N) is 1. The second-order valence-corrected chi connectivity index (χ2v) is 3.37. The first-order chi connectivity index (χ1) is 8.04. The van der Waals surface area contributed by atoms with Crippen LogP contribution < -0.4 is 11.1 Å². The number of aryl methyl sites for hydroxylation is 1. The SMILES string of the molecule is CCc1nc(C(=O)OC)c(N)n1CC(=O)NC. The van der Waals surface area contributed by atoms with Crippen molar-refractivity contribution in [3.05, 3.63) is 11.5 Å². The lowest BCUT2D eigenvalue weighted by Gasteiger charge is -2.07. The number of carbonyl (C=O) groups excluding carboxylic acids is 2. The van der Waals surface area contributed by atoms with E-state index < -0.39 is 5.97 Å². The third-order valence-electron chi connectivity index (χ3n) is 2.36. The molecule has 0 aromatic carbocycles. The summed E-state index contributed by atoms with van der Waals surface area (Å²) in [5, 5.41) is 2.49. The molecule has 0 spiro atoms. The number of ether oxygens (including phenoxy) is 1. The zero-order chi connectivity index (χ0) is 13.0. The largest absolute Gasteiger partial charge is 0.464 e. The van der Waals surface area contributed by atoms with Gasteiger partial charge in [0.25, 0.3) is 0 Å². The fraction of sp³-hybridized carbons (Fsp3) is 0.500. The van der Waals surface area contributed by atoms with E-state index in [0.717, 1.165) is 0 Å². The van der Waals surface area contributed by atoms with E-state index in [1.54, 1.807) is 0 Å². The highest BCUT2D eigenvalue weighted by atomic mass is 16.5. The number of hydrogen-bond acceptors (Lipinski definition) is 5. The molecule has 0 atom stereocenters. The lowest BCUT2D eigenvalue weighted by molar-refractivity contribution is -0.121. The van der Waals surface area contributed by atoms with E-state index in [4.69, 9.17) is 5.73 Å². The molecule has 1 heterocycles. The number of methoxy groups -OCH3 is 1. The van der Waals surface area contributed by atoms with E-state index in [0.29, 0.717) is 12.2 Å². The van der Waals surface area contributed by atoms with Crippen molar-refractivity contribution in [1.29, 1.82) is 0 Å².